The van der Waals surface area contributed by atoms with Crippen LogP contribution < -0.4 is 5.73 Å². The second kappa shape index (κ2) is 6.57. The molecular weight excluding hydrogens is 184 g/mol. The molecule has 1 atom stereocenters. The molecule has 0 aliphatic heterocycles. The van der Waals surface area contributed by atoms with Gasteiger partial charge in [-0.05, 0) is 42.5 Å². The Kier molecular flexibility index (Phi) is 5.33. The van der Waals surface area contributed by atoms with Gasteiger partial charge in [0.05, 0.1) is 0 Å². The summed E-state index contributed by atoms with van der Waals surface area (Å²) in [4.78, 5) is 4.04. The van der Waals surface area contributed by atoms with Crippen LogP contribution in [-0.2, 0) is 0 Å². The molecule has 1 heterocycles. The molecule has 2 N–H and O–H groups in total. The van der Waals surface area contributed by atoms with Crippen molar-refractivity contribution in [3.63, 3.8) is 0 Å². The van der Waals surface area contributed by atoms with Crippen LogP contribution in [0.5, 0.6) is 0 Å². The molecule has 0 aromatic carbocycles. The van der Waals surface area contributed by atoms with E-state index in [2.05, 4.69) is 31.0 Å². The predicted octanol–water partition coefficient (Wildman–Crippen LogP) is 2.95. The Morgan fingerprint density at radius 2 is 1.80 bits per heavy atom. The number of aromatic nitrogens is 1. The van der Waals surface area contributed by atoms with E-state index >= 15 is 0 Å². The third kappa shape index (κ3) is 3.63. The van der Waals surface area contributed by atoms with Crippen molar-refractivity contribution < 1.29 is 0 Å². The maximum absolute atomic E-state index is 5.84. The van der Waals surface area contributed by atoms with Gasteiger partial charge in [-0.2, -0.15) is 0 Å². The molecule has 0 fully saturated rings. The lowest BCUT2D eigenvalue weighted by Crippen LogP contribution is -2.16. The van der Waals surface area contributed by atoms with Crippen molar-refractivity contribution in [1.29, 1.82) is 0 Å². The minimum atomic E-state index is 0.498. The minimum absolute atomic E-state index is 0.498. The summed E-state index contributed by atoms with van der Waals surface area (Å²) in [6, 6.07) is 4.17. The second-order valence-electron chi connectivity index (χ2n) is 4.13. The summed E-state index contributed by atoms with van der Waals surface area (Å²) in [6.45, 7) is 5.25. The molecule has 2 heteroatoms. The van der Waals surface area contributed by atoms with Crippen molar-refractivity contribution >= 4 is 0 Å². The molecule has 2 nitrogen and oxygen atoms in total. The van der Waals surface area contributed by atoms with Crippen molar-refractivity contribution in [3.05, 3.63) is 30.1 Å². The zero-order valence-corrected chi connectivity index (χ0v) is 9.82. The van der Waals surface area contributed by atoms with Crippen molar-refractivity contribution in [3.8, 4) is 0 Å². The van der Waals surface area contributed by atoms with Gasteiger partial charge >= 0.3 is 0 Å². The fraction of sp³-hybridized carbons (Fsp3) is 0.615. The highest BCUT2D eigenvalue weighted by Crippen LogP contribution is 2.25. The van der Waals surface area contributed by atoms with E-state index in [-0.39, 0.29) is 0 Å². The number of rotatable bonds is 6. The Hall–Kier alpha value is -0.890. The SMILES string of the molecule is CCC(CC)C[C@@H](CN)c1ccncc1. The Balaban J connectivity index is 2.64. The molecule has 0 saturated carbocycles. The molecule has 0 aliphatic carbocycles. The number of hydrogen-bond acceptors (Lipinski definition) is 2. The molecule has 0 spiro atoms. The van der Waals surface area contributed by atoms with Gasteiger partial charge < -0.3 is 5.73 Å². The van der Waals surface area contributed by atoms with E-state index in [1.165, 1.54) is 24.8 Å². The number of nitrogens with two attached hydrogens (primary N) is 1. The van der Waals surface area contributed by atoms with E-state index in [0.717, 1.165) is 12.5 Å². The highest BCUT2D eigenvalue weighted by atomic mass is 14.6. The average molecular weight is 206 g/mol. The maximum Gasteiger partial charge on any atom is 0.0270 e. The van der Waals surface area contributed by atoms with Crippen LogP contribution in [0, 0.1) is 5.92 Å². The quantitative estimate of drug-likeness (QED) is 0.777. The van der Waals surface area contributed by atoms with Gasteiger partial charge in [0.15, 0.2) is 0 Å². The topological polar surface area (TPSA) is 38.9 Å². The van der Waals surface area contributed by atoms with Crippen molar-refractivity contribution in [2.24, 2.45) is 11.7 Å². The zero-order chi connectivity index (χ0) is 11.1. The third-order valence-electron chi connectivity index (χ3n) is 3.23. The van der Waals surface area contributed by atoms with E-state index < -0.39 is 0 Å². The molecule has 0 bridgehead atoms. The van der Waals surface area contributed by atoms with Crippen LogP contribution >= 0.6 is 0 Å². The lowest BCUT2D eigenvalue weighted by Gasteiger charge is -2.20. The number of pyridine rings is 1. The van der Waals surface area contributed by atoms with Gasteiger partial charge in [0, 0.05) is 12.4 Å². The number of nitrogens with zero attached hydrogens (tertiary/aromatic N) is 1. The summed E-state index contributed by atoms with van der Waals surface area (Å²) >= 11 is 0. The molecule has 0 saturated heterocycles. The molecule has 15 heavy (non-hydrogen) atoms. The van der Waals surface area contributed by atoms with E-state index in [9.17, 15) is 0 Å². The average Bonchev–Trinajstić information content (AvgIpc) is 2.32. The van der Waals surface area contributed by atoms with Crippen LogP contribution in [-0.4, -0.2) is 11.5 Å². The summed E-state index contributed by atoms with van der Waals surface area (Å²) in [5.41, 5.74) is 7.17. The van der Waals surface area contributed by atoms with Crippen LogP contribution in [0.3, 0.4) is 0 Å². The first-order chi connectivity index (χ1) is 7.31. The number of hydrogen-bond donors (Lipinski definition) is 1. The molecule has 0 amide bonds. The van der Waals surface area contributed by atoms with Gasteiger partial charge in [0.25, 0.3) is 0 Å². The van der Waals surface area contributed by atoms with Gasteiger partial charge in [-0.25, -0.2) is 0 Å². The molecule has 1 aromatic rings. The predicted molar refractivity (Wildman–Crippen MR) is 64.7 cm³/mol. The lowest BCUT2D eigenvalue weighted by atomic mass is 9.87. The van der Waals surface area contributed by atoms with Gasteiger partial charge in [0.1, 0.15) is 0 Å². The van der Waals surface area contributed by atoms with Crippen LogP contribution in [0.15, 0.2) is 24.5 Å². The first-order valence-electron chi connectivity index (χ1n) is 5.91. The Labute approximate surface area is 92.9 Å². The standard InChI is InChI=1S/C13H22N2/c1-3-11(4-2)9-13(10-14)12-5-7-15-8-6-12/h5-8,11,13H,3-4,9-10,14H2,1-2H3/t13-/m0/s1. The van der Waals surface area contributed by atoms with Crippen LogP contribution in [0.2, 0.25) is 0 Å². The summed E-state index contributed by atoms with van der Waals surface area (Å²) in [6.07, 6.45) is 7.40. The van der Waals surface area contributed by atoms with Crippen molar-refractivity contribution in [2.45, 2.75) is 39.0 Å². The summed E-state index contributed by atoms with van der Waals surface area (Å²) in [5, 5.41) is 0. The molecule has 84 valence electrons. The molecule has 0 aliphatic rings. The highest BCUT2D eigenvalue weighted by Gasteiger charge is 2.14. The second-order valence-corrected chi connectivity index (χ2v) is 4.13. The first-order valence-corrected chi connectivity index (χ1v) is 5.91. The summed E-state index contributed by atoms with van der Waals surface area (Å²) < 4.78 is 0. The summed E-state index contributed by atoms with van der Waals surface area (Å²) in [7, 11) is 0. The minimum Gasteiger partial charge on any atom is -0.330 e. The Morgan fingerprint density at radius 1 is 1.20 bits per heavy atom. The molecule has 1 rings (SSSR count). The van der Waals surface area contributed by atoms with Gasteiger partial charge in [-0.3, -0.25) is 4.98 Å². The Morgan fingerprint density at radius 3 is 2.27 bits per heavy atom. The maximum atomic E-state index is 5.84. The first kappa shape index (κ1) is 12.2. The van der Waals surface area contributed by atoms with Gasteiger partial charge in [-0.1, -0.05) is 26.7 Å². The van der Waals surface area contributed by atoms with E-state index in [1.807, 2.05) is 12.4 Å². The fourth-order valence-corrected chi connectivity index (χ4v) is 2.03. The molecule has 1 aromatic heterocycles. The fourth-order valence-electron chi connectivity index (χ4n) is 2.03. The van der Waals surface area contributed by atoms with E-state index in [0.29, 0.717) is 5.92 Å². The highest BCUT2D eigenvalue weighted by molar-refractivity contribution is 5.16. The molecule has 0 unspecified atom stereocenters. The smallest absolute Gasteiger partial charge is 0.0270 e. The van der Waals surface area contributed by atoms with Crippen LogP contribution in [0.25, 0.3) is 0 Å². The zero-order valence-electron chi connectivity index (χ0n) is 9.82. The molecule has 0 radical (unpaired) electrons. The molecular formula is C13H22N2. The largest absolute Gasteiger partial charge is 0.330 e. The monoisotopic (exact) mass is 206 g/mol. The third-order valence-corrected chi connectivity index (χ3v) is 3.23. The Bertz CT molecular complexity index is 254. The van der Waals surface area contributed by atoms with Gasteiger partial charge in [-0.15, -0.1) is 0 Å². The lowest BCUT2D eigenvalue weighted by molar-refractivity contribution is 0.412. The normalized spacial score (nSPS) is 13.1. The van der Waals surface area contributed by atoms with Gasteiger partial charge in [0.2, 0.25) is 0 Å². The van der Waals surface area contributed by atoms with Crippen LogP contribution in [0.4, 0.5) is 0 Å². The van der Waals surface area contributed by atoms with Crippen molar-refractivity contribution in [2.75, 3.05) is 6.54 Å². The van der Waals surface area contributed by atoms with Crippen LogP contribution in [0.1, 0.15) is 44.6 Å². The van der Waals surface area contributed by atoms with Crippen molar-refractivity contribution in [1.82, 2.24) is 4.98 Å². The van der Waals surface area contributed by atoms with E-state index in [1.54, 1.807) is 0 Å². The summed E-state index contributed by atoms with van der Waals surface area (Å²) in [5.74, 6) is 1.30. The van der Waals surface area contributed by atoms with E-state index in [4.69, 9.17) is 5.73 Å².